The first kappa shape index (κ1) is 39.2. The molecule has 2 aliphatic heterocycles. The van der Waals surface area contributed by atoms with E-state index in [4.69, 9.17) is 26.7 Å². The molecule has 2 aromatic heterocycles. The van der Waals surface area contributed by atoms with Crippen molar-refractivity contribution in [3.63, 3.8) is 0 Å². The number of allylic oxidation sites excluding steroid dienone is 6. The Morgan fingerprint density at radius 3 is 2.55 bits per heavy atom. The van der Waals surface area contributed by atoms with Gasteiger partial charge in [0, 0.05) is 66.3 Å². The molecule has 0 spiro atoms. The van der Waals surface area contributed by atoms with E-state index in [1.165, 1.54) is 30.7 Å². The molecule has 4 N–H and O–H groups in total. The van der Waals surface area contributed by atoms with E-state index in [0.717, 1.165) is 62.4 Å². The van der Waals surface area contributed by atoms with E-state index in [9.17, 15) is 23.1 Å². The number of hydrogen-bond acceptors (Lipinski definition) is 8. The van der Waals surface area contributed by atoms with Crippen LogP contribution in [0.1, 0.15) is 66.5 Å². The molecule has 10 nitrogen and oxygen atoms in total. The lowest BCUT2D eigenvalue weighted by atomic mass is 9.92. The largest absolute Gasteiger partial charge is 0.507 e. The number of nitrogens with one attached hydrogen (secondary N) is 3. The van der Waals surface area contributed by atoms with E-state index >= 15 is 0 Å². The van der Waals surface area contributed by atoms with Gasteiger partial charge in [0.25, 0.3) is 6.43 Å². The molecule has 0 atom stereocenters. The summed E-state index contributed by atoms with van der Waals surface area (Å²) in [4.78, 5) is 18.0. The number of aromatic nitrogens is 4. The Morgan fingerprint density at radius 2 is 1.91 bits per heavy atom. The highest BCUT2D eigenvalue weighted by atomic mass is 35.5. The van der Waals surface area contributed by atoms with Crippen molar-refractivity contribution in [2.75, 3.05) is 26.3 Å². The van der Waals surface area contributed by atoms with Crippen LogP contribution in [0.3, 0.4) is 0 Å². The zero-order valence-electron chi connectivity index (χ0n) is 29.6. The zero-order chi connectivity index (χ0) is 37.9. The molecule has 280 valence electrons. The van der Waals surface area contributed by atoms with Gasteiger partial charge in [0.2, 0.25) is 0 Å². The van der Waals surface area contributed by atoms with Crippen molar-refractivity contribution in [1.82, 2.24) is 30.0 Å². The molecule has 2 fully saturated rings. The summed E-state index contributed by atoms with van der Waals surface area (Å²) in [7, 11) is 1.93. The second-order valence-corrected chi connectivity index (χ2v) is 13.2. The van der Waals surface area contributed by atoms with Crippen LogP contribution in [0.25, 0.3) is 28.4 Å². The Labute approximate surface area is 311 Å². The molecule has 4 heterocycles. The molecule has 2 aromatic carbocycles. The molecule has 4 aromatic rings. The molecule has 2 saturated heterocycles. The van der Waals surface area contributed by atoms with E-state index in [1.54, 1.807) is 37.3 Å². The van der Waals surface area contributed by atoms with E-state index < -0.39 is 12.1 Å². The first-order valence-electron chi connectivity index (χ1n) is 17.3. The number of ether oxygens (including phenoxy) is 1. The number of aromatic amines is 1. The minimum atomic E-state index is -2.84. The van der Waals surface area contributed by atoms with Crippen LogP contribution in [0.5, 0.6) is 0 Å². The number of benzene rings is 2. The van der Waals surface area contributed by atoms with Gasteiger partial charge in [-0.25, -0.2) is 18.2 Å². The molecule has 53 heavy (non-hydrogen) atoms. The number of hydrogen-bond donors (Lipinski definition) is 4. The Balaban J connectivity index is 0.00000127. The number of likely N-dealkylation sites (tertiary alicyclic amines) is 1. The van der Waals surface area contributed by atoms with Gasteiger partial charge >= 0.3 is 0 Å². The Morgan fingerprint density at radius 1 is 1.17 bits per heavy atom. The lowest BCUT2D eigenvalue weighted by Gasteiger charge is -2.33. The summed E-state index contributed by atoms with van der Waals surface area (Å²) < 4.78 is 48.6. The molecule has 0 saturated carbocycles. The van der Waals surface area contributed by atoms with Crippen molar-refractivity contribution in [2.24, 2.45) is 13.0 Å². The van der Waals surface area contributed by atoms with Crippen LogP contribution >= 0.6 is 11.6 Å². The number of rotatable bonds is 13. The third-order valence-corrected chi connectivity index (χ3v) is 9.48. The topological polar surface area (TPSA) is 132 Å². The number of aryl methyl sites for hydroxylation is 1. The summed E-state index contributed by atoms with van der Waals surface area (Å²) in [6, 6.07) is 9.86. The van der Waals surface area contributed by atoms with Gasteiger partial charge in [-0.1, -0.05) is 23.7 Å². The van der Waals surface area contributed by atoms with Crippen LogP contribution in [0.2, 0.25) is 5.02 Å². The van der Waals surface area contributed by atoms with Crippen molar-refractivity contribution in [2.45, 2.75) is 45.7 Å². The minimum Gasteiger partial charge on any atom is -0.507 e. The zero-order valence-corrected chi connectivity index (χ0v) is 30.3. The molecule has 0 amide bonds. The predicted molar refractivity (Wildman–Crippen MR) is 202 cm³/mol. The minimum absolute atomic E-state index is 0.0541. The highest BCUT2D eigenvalue weighted by Crippen LogP contribution is 2.31. The van der Waals surface area contributed by atoms with Gasteiger partial charge in [-0.3, -0.25) is 14.8 Å². The van der Waals surface area contributed by atoms with Gasteiger partial charge in [0.15, 0.2) is 0 Å². The number of piperidine rings is 1. The van der Waals surface area contributed by atoms with Crippen LogP contribution in [-0.4, -0.2) is 68.6 Å². The smallest absolute Gasteiger partial charge is 0.280 e. The summed E-state index contributed by atoms with van der Waals surface area (Å²) in [6.45, 7) is 6.12. The van der Waals surface area contributed by atoms with Gasteiger partial charge in [0.1, 0.15) is 29.4 Å². The number of H-pyrrole nitrogens is 1. The second kappa shape index (κ2) is 18.7. The lowest BCUT2D eigenvalue weighted by molar-refractivity contribution is -0.104. The van der Waals surface area contributed by atoms with Crippen molar-refractivity contribution in [3.8, 4) is 0 Å². The van der Waals surface area contributed by atoms with Crippen molar-refractivity contribution in [1.29, 1.82) is 5.41 Å². The van der Waals surface area contributed by atoms with Crippen LogP contribution < -0.4 is 5.32 Å². The fourth-order valence-corrected chi connectivity index (χ4v) is 6.26. The Kier molecular flexibility index (Phi) is 13.8. The number of aliphatic hydroxyl groups is 1. The maximum absolute atomic E-state index is 14.4. The molecule has 2 aliphatic rings. The van der Waals surface area contributed by atoms with E-state index in [0.29, 0.717) is 40.1 Å². The first-order chi connectivity index (χ1) is 25.6. The van der Waals surface area contributed by atoms with Gasteiger partial charge in [0.05, 0.1) is 23.3 Å². The van der Waals surface area contributed by atoms with E-state index in [1.807, 2.05) is 23.8 Å². The molecule has 0 unspecified atom stereocenters. The van der Waals surface area contributed by atoms with Gasteiger partial charge < -0.3 is 25.1 Å². The number of carbonyl (C=O) groups is 1. The van der Waals surface area contributed by atoms with E-state index in [2.05, 4.69) is 20.4 Å². The number of fused-ring (bicyclic) bond motifs is 1. The Bertz CT molecular complexity index is 2020. The summed E-state index contributed by atoms with van der Waals surface area (Å²) in [5.41, 5.74) is 3.70. The normalized spacial score (nSPS) is 16.2. The SMILES string of the molecule is C/C(=C/C=N)c1n[nH]c(C(F)F)c1/C=C(/O)c1ccc2c(c1)nc(CN1CCC(/C(=C/C=C\C=O)NCc3ccc(Cl)cc3F)CC1)n2C.C1COC1. The van der Waals surface area contributed by atoms with Crippen LogP contribution in [0.15, 0.2) is 66.4 Å². The average Bonchev–Trinajstić information content (AvgIpc) is 3.67. The first-order valence-corrected chi connectivity index (χ1v) is 17.7. The molecule has 0 radical (unpaired) electrons. The third kappa shape index (κ3) is 10.1. The van der Waals surface area contributed by atoms with Gasteiger partial charge in [-0.15, -0.1) is 0 Å². The highest BCUT2D eigenvalue weighted by Gasteiger charge is 2.24. The summed E-state index contributed by atoms with van der Waals surface area (Å²) >= 11 is 5.90. The number of halogens is 4. The predicted octanol–water partition coefficient (Wildman–Crippen LogP) is 8.18. The average molecular weight is 750 g/mol. The molecule has 0 aliphatic carbocycles. The number of alkyl halides is 2. The summed E-state index contributed by atoms with van der Waals surface area (Å²) in [5.74, 6) is 0.419. The van der Waals surface area contributed by atoms with Crippen LogP contribution in [0, 0.1) is 17.1 Å². The number of aldehydes is 1. The van der Waals surface area contributed by atoms with Crippen LogP contribution in [0.4, 0.5) is 13.2 Å². The number of nitrogens with zero attached hydrogens (tertiary/aromatic N) is 4. The molecule has 6 rings (SSSR count). The maximum atomic E-state index is 14.4. The fourth-order valence-electron chi connectivity index (χ4n) is 6.10. The number of carbonyl (C=O) groups excluding carboxylic acids is 1. The van der Waals surface area contributed by atoms with Crippen molar-refractivity contribution >= 4 is 52.5 Å². The van der Waals surface area contributed by atoms with Crippen molar-refractivity contribution < 1.29 is 27.8 Å². The summed E-state index contributed by atoms with van der Waals surface area (Å²) in [5, 5.41) is 28.4. The Hall–Kier alpha value is -4.98. The monoisotopic (exact) mass is 749 g/mol. The summed E-state index contributed by atoms with van der Waals surface area (Å²) in [6.07, 6.45) is 9.55. The van der Waals surface area contributed by atoms with E-state index in [-0.39, 0.29) is 35.3 Å². The second-order valence-electron chi connectivity index (χ2n) is 12.8. The van der Waals surface area contributed by atoms with Crippen molar-refractivity contribution in [3.05, 3.63) is 111 Å². The third-order valence-electron chi connectivity index (χ3n) is 9.24. The molecular weight excluding hydrogens is 707 g/mol. The standard InChI is InChI=1S/C36H37ClF3N7O2.C3H6O/c1-22(10-13-41)34-27(35(36(39)40)45-44-34)19-32(49)24-7-9-31-30(17-24)43-33(46(31)2)21-47-14-11-23(12-15-47)29(5-3-4-16-48)42-20-25-6-8-26(37)18-28(25)38;1-2-4-3-1/h3-10,13,16-19,23,36,41-42,49H,11-12,14-15,20-21H2,1-2H3,(H,44,45);1-3H2/b4-3-,22-10-,29-5-,32-19+,41-13?;. The number of aliphatic hydroxyl groups excluding tert-OH is 1. The van der Waals surface area contributed by atoms with Gasteiger partial charge in [-0.05, 0) is 99.5 Å². The molecule has 14 heteroatoms. The van der Waals surface area contributed by atoms with Gasteiger partial charge in [-0.2, -0.15) is 5.10 Å². The molecule has 0 bridgehead atoms. The lowest BCUT2D eigenvalue weighted by Crippen LogP contribution is -2.36. The quantitative estimate of drug-likeness (QED) is 0.0357. The fraction of sp³-hybridized carbons (Fsp3) is 0.333. The molecular formula is C39H43ClF3N7O3. The number of imidazole rings is 1. The van der Waals surface area contributed by atoms with Crippen LogP contribution in [-0.2, 0) is 29.7 Å². The maximum Gasteiger partial charge on any atom is 0.280 e. The highest BCUT2D eigenvalue weighted by molar-refractivity contribution is 6.30.